The van der Waals surface area contributed by atoms with E-state index in [1.807, 2.05) is 30.6 Å². The second kappa shape index (κ2) is 7.34. The quantitative estimate of drug-likeness (QED) is 0.290. The van der Waals surface area contributed by atoms with Crippen LogP contribution < -0.4 is 21.5 Å². The predicted molar refractivity (Wildman–Crippen MR) is 106 cm³/mol. The number of aromatic nitrogens is 2. The van der Waals surface area contributed by atoms with Crippen LogP contribution in [0, 0.1) is 13.8 Å². The highest BCUT2D eigenvalue weighted by Crippen LogP contribution is 2.36. The van der Waals surface area contributed by atoms with Crippen molar-refractivity contribution in [1.82, 2.24) is 4.98 Å². The maximum atomic E-state index is 10.4. The largest absolute Gasteiger partial charge is 1.00 e. The zero-order chi connectivity index (χ0) is 19.6. The van der Waals surface area contributed by atoms with Gasteiger partial charge in [-0.05, 0) is 36.4 Å². The Morgan fingerprint density at radius 1 is 1.00 bits per heavy atom. The summed E-state index contributed by atoms with van der Waals surface area (Å²) in [5.41, 5.74) is 4.56. The van der Waals surface area contributed by atoms with E-state index >= 15 is 0 Å². The lowest BCUT2D eigenvalue weighted by atomic mass is 9.97. The van der Waals surface area contributed by atoms with Crippen LogP contribution in [-0.2, 0) is 4.74 Å². The summed E-state index contributed by atoms with van der Waals surface area (Å²) in [6, 6.07) is 10.3. The summed E-state index contributed by atoms with van der Waals surface area (Å²) in [6.45, 7) is 3.87. The second-order valence-corrected chi connectivity index (χ2v) is 7.62. The molecule has 0 radical (unpaired) electrons. The number of hydrogen-bond acceptors (Lipinski definition) is 4. The lowest BCUT2D eigenvalue weighted by Crippen LogP contribution is -3.00. The predicted octanol–water partition coefficient (Wildman–Crippen LogP) is -1.01. The monoisotopic (exact) mass is 458 g/mol. The lowest BCUT2D eigenvalue weighted by Gasteiger charge is -2.12. The van der Waals surface area contributed by atoms with Gasteiger partial charge in [0.15, 0.2) is 18.5 Å². The molecule has 1 saturated heterocycles. The van der Waals surface area contributed by atoms with Crippen LogP contribution in [0.3, 0.4) is 0 Å². The standard InChI is InChI=1S/C22H22N2O4.BrH/c1-11-15-9-24(22-21(27)20(26)17(10-25)28-22)8-7-13(15)12(2)19-18(11)14-5-3-4-6-16(14)23-19;/h3-9,17,20-22,25-27H,10H2,1-2H3;1H/t17-,20-,21-,22?;/m0./s1. The Labute approximate surface area is 178 Å². The first-order valence-corrected chi connectivity index (χ1v) is 9.47. The molecule has 4 aromatic rings. The van der Waals surface area contributed by atoms with Crippen LogP contribution in [0.5, 0.6) is 0 Å². The van der Waals surface area contributed by atoms with E-state index in [9.17, 15) is 15.3 Å². The fourth-order valence-corrected chi connectivity index (χ4v) is 4.50. The van der Waals surface area contributed by atoms with Gasteiger partial charge in [0.25, 0.3) is 6.23 Å². The number of halogens is 1. The Morgan fingerprint density at radius 3 is 2.48 bits per heavy atom. The first-order valence-electron chi connectivity index (χ1n) is 9.47. The summed E-state index contributed by atoms with van der Waals surface area (Å²) in [4.78, 5) is 3.54. The number of aliphatic hydroxyl groups is 3. The van der Waals surface area contributed by atoms with Crippen molar-refractivity contribution < 1.29 is 41.6 Å². The molecule has 5 rings (SSSR count). The maximum absolute atomic E-state index is 10.4. The van der Waals surface area contributed by atoms with Crippen LogP contribution >= 0.6 is 0 Å². The molecule has 4 N–H and O–H groups in total. The van der Waals surface area contributed by atoms with Crippen LogP contribution in [0.25, 0.3) is 32.6 Å². The van der Waals surface area contributed by atoms with Crippen molar-refractivity contribution in [3.63, 3.8) is 0 Å². The molecule has 6 nitrogen and oxygen atoms in total. The normalized spacial score (nSPS) is 24.4. The number of rotatable bonds is 2. The number of H-pyrrole nitrogens is 1. The molecule has 1 fully saturated rings. The second-order valence-electron chi connectivity index (χ2n) is 7.62. The number of hydrogen-bond donors (Lipinski definition) is 4. The third kappa shape index (κ3) is 2.88. The number of aromatic amines is 1. The molecule has 29 heavy (non-hydrogen) atoms. The van der Waals surface area contributed by atoms with Gasteiger partial charge in [-0.25, -0.2) is 0 Å². The lowest BCUT2D eigenvalue weighted by molar-refractivity contribution is -0.764. The minimum Gasteiger partial charge on any atom is -1.00 e. The molecule has 2 aromatic heterocycles. The maximum Gasteiger partial charge on any atom is 0.292 e. The number of pyridine rings is 1. The zero-order valence-electron chi connectivity index (χ0n) is 16.1. The van der Waals surface area contributed by atoms with Crippen molar-refractivity contribution >= 4 is 32.6 Å². The fourth-order valence-electron chi connectivity index (χ4n) is 4.50. The van der Waals surface area contributed by atoms with Gasteiger partial charge in [0.05, 0.1) is 12.1 Å². The molecule has 3 heterocycles. The van der Waals surface area contributed by atoms with Crippen molar-refractivity contribution in [3.8, 4) is 0 Å². The Balaban J connectivity index is 0.00000205. The molecule has 1 aliphatic heterocycles. The number of nitrogens with one attached hydrogen (secondary N) is 1. The Bertz CT molecular complexity index is 1220. The average molecular weight is 459 g/mol. The molecular weight excluding hydrogens is 436 g/mol. The zero-order valence-corrected chi connectivity index (χ0v) is 17.7. The summed E-state index contributed by atoms with van der Waals surface area (Å²) < 4.78 is 7.47. The topological polar surface area (TPSA) is 89.6 Å². The highest BCUT2D eigenvalue weighted by Gasteiger charge is 2.48. The number of nitrogens with zero attached hydrogens (tertiary/aromatic N) is 1. The molecule has 1 unspecified atom stereocenters. The molecule has 0 amide bonds. The van der Waals surface area contributed by atoms with Crippen molar-refractivity contribution in [2.24, 2.45) is 0 Å². The molecular formula is C22H23BrN2O4. The first kappa shape index (κ1) is 20.3. The average Bonchev–Trinajstić information content (AvgIpc) is 3.24. The Morgan fingerprint density at radius 2 is 1.76 bits per heavy atom. The highest BCUT2D eigenvalue weighted by molar-refractivity contribution is 6.16. The highest BCUT2D eigenvalue weighted by atomic mass is 79.9. The smallest absolute Gasteiger partial charge is 0.292 e. The SMILES string of the molecule is Cc1c2cc[n+](C3O[C@@H](CO)[C@H](O)[C@@H]3O)cc2c(C)c2c1[nH]c1ccccc12.[Br-]. The third-order valence-corrected chi connectivity index (χ3v) is 6.06. The van der Waals surface area contributed by atoms with Crippen LogP contribution in [0.4, 0.5) is 0 Å². The molecule has 2 aromatic carbocycles. The van der Waals surface area contributed by atoms with Crippen LogP contribution in [0.1, 0.15) is 17.4 Å². The number of para-hydroxylation sites is 1. The van der Waals surface area contributed by atoms with E-state index in [1.165, 1.54) is 16.3 Å². The van der Waals surface area contributed by atoms with Gasteiger partial charge in [0, 0.05) is 27.7 Å². The number of benzene rings is 2. The molecule has 4 atom stereocenters. The van der Waals surface area contributed by atoms with E-state index < -0.39 is 24.5 Å². The van der Waals surface area contributed by atoms with Gasteiger partial charge in [-0.3, -0.25) is 0 Å². The summed E-state index contributed by atoms with van der Waals surface area (Å²) in [6.07, 6.45) is 0.0649. The molecule has 1 aliphatic rings. The molecule has 0 spiro atoms. The molecule has 0 saturated carbocycles. The van der Waals surface area contributed by atoms with Gasteiger partial charge >= 0.3 is 0 Å². The Hall–Kier alpha value is -2.03. The summed E-state index contributed by atoms with van der Waals surface area (Å²) in [7, 11) is 0. The van der Waals surface area contributed by atoms with E-state index in [-0.39, 0.29) is 23.6 Å². The molecule has 7 heteroatoms. The van der Waals surface area contributed by atoms with Gasteiger partial charge in [-0.1, -0.05) is 18.2 Å². The summed E-state index contributed by atoms with van der Waals surface area (Å²) in [5, 5.41) is 34.4. The number of fused-ring (bicyclic) bond motifs is 4. The summed E-state index contributed by atoms with van der Waals surface area (Å²) in [5.74, 6) is 0. The van der Waals surface area contributed by atoms with Crippen LogP contribution in [0.2, 0.25) is 0 Å². The van der Waals surface area contributed by atoms with E-state index in [1.54, 1.807) is 4.57 Å². The van der Waals surface area contributed by atoms with E-state index in [2.05, 4.69) is 31.0 Å². The van der Waals surface area contributed by atoms with Gasteiger partial charge in [0.1, 0.15) is 12.2 Å². The molecule has 0 bridgehead atoms. The van der Waals surface area contributed by atoms with Crippen LogP contribution in [-0.4, -0.2) is 45.2 Å². The van der Waals surface area contributed by atoms with Crippen LogP contribution in [0.15, 0.2) is 42.7 Å². The summed E-state index contributed by atoms with van der Waals surface area (Å²) >= 11 is 0. The van der Waals surface area contributed by atoms with Crippen molar-refractivity contribution in [2.45, 2.75) is 38.4 Å². The minimum atomic E-state index is -1.11. The minimum absolute atomic E-state index is 0. The first-order chi connectivity index (χ1) is 13.5. The number of ether oxygens (including phenoxy) is 1. The van der Waals surface area contributed by atoms with Gasteiger partial charge in [0.2, 0.25) is 0 Å². The van der Waals surface area contributed by atoms with E-state index in [0.29, 0.717) is 0 Å². The van der Waals surface area contributed by atoms with Gasteiger partial charge in [-0.2, -0.15) is 4.57 Å². The number of aliphatic hydroxyl groups excluding tert-OH is 3. The van der Waals surface area contributed by atoms with E-state index in [0.717, 1.165) is 27.4 Å². The fraction of sp³-hybridized carbons (Fsp3) is 0.318. The van der Waals surface area contributed by atoms with Crippen molar-refractivity contribution in [3.05, 3.63) is 53.9 Å². The third-order valence-electron chi connectivity index (χ3n) is 6.06. The van der Waals surface area contributed by atoms with Gasteiger partial charge < -0.3 is 42.0 Å². The van der Waals surface area contributed by atoms with Crippen molar-refractivity contribution in [1.29, 1.82) is 0 Å². The van der Waals surface area contributed by atoms with Crippen molar-refractivity contribution in [2.75, 3.05) is 6.61 Å². The molecule has 152 valence electrons. The van der Waals surface area contributed by atoms with E-state index in [4.69, 9.17) is 4.74 Å². The van der Waals surface area contributed by atoms with Gasteiger partial charge in [-0.15, -0.1) is 0 Å². The Kier molecular flexibility index (Phi) is 5.13. The molecule has 0 aliphatic carbocycles. The number of aryl methyl sites for hydroxylation is 2.